The minimum Gasteiger partial charge on any atom is -0.356 e. The fourth-order valence-electron chi connectivity index (χ4n) is 3.18. The van der Waals surface area contributed by atoms with E-state index < -0.39 is 0 Å². The molecule has 0 aliphatic rings. The summed E-state index contributed by atoms with van der Waals surface area (Å²) in [4.78, 5) is 11.8. The van der Waals surface area contributed by atoms with E-state index in [1.165, 1.54) is 56.9 Å². The normalized spacial score (nSPS) is 11.5. The number of benzene rings is 1. The number of allylic oxidation sites excluding steroid dienone is 4. The second kappa shape index (κ2) is 18.5. The number of amides is 1. The average molecular weight is 384 g/mol. The van der Waals surface area contributed by atoms with E-state index in [2.05, 4.69) is 48.7 Å². The van der Waals surface area contributed by atoms with Gasteiger partial charge in [0.15, 0.2) is 0 Å². The van der Waals surface area contributed by atoms with E-state index in [1.54, 1.807) is 0 Å². The number of hydrogen-bond acceptors (Lipinski definition) is 1. The van der Waals surface area contributed by atoms with Crippen molar-refractivity contribution in [3.05, 3.63) is 60.2 Å². The summed E-state index contributed by atoms with van der Waals surface area (Å²) in [7, 11) is 0. The lowest BCUT2D eigenvalue weighted by Gasteiger charge is -2.05. The van der Waals surface area contributed by atoms with E-state index in [9.17, 15) is 4.79 Å². The van der Waals surface area contributed by atoms with E-state index in [0.717, 1.165) is 32.2 Å². The summed E-state index contributed by atoms with van der Waals surface area (Å²) in [6.07, 6.45) is 24.2. The second-order valence-corrected chi connectivity index (χ2v) is 7.57. The molecule has 0 aliphatic heterocycles. The van der Waals surface area contributed by atoms with Crippen LogP contribution in [0.25, 0.3) is 0 Å². The van der Waals surface area contributed by atoms with Crippen molar-refractivity contribution in [2.45, 2.75) is 90.4 Å². The highest BCUT2D eigenvalue weighted by atomic mass is 16.1. The van der Waals surface area contributed by atoms with Crippen molar-refractivity contribution in [2.75, 3.05) is 6.54 Å². The van der Waals surface area contributed by atoms with Crippen LogP contribution in [0.5, 0.6) is 0 Å². The van der Waals surface area contributed by atoms with Gasteiger partial charge in [-0.05, 0) is 50.5 Å². The molecule has 0 atom stereocenters. The first-order valence-electron chi connectivity index (χ1n) is 11.4. The Kier molecular flexibility index (Phi) is 16.0. The standard InChI is InChI=1S/C26H41NO/c1-2-3-4-5-6-7-8-9-10-11-12-13-14-15-19-22-26(28)27-24-23-25-20-17-16-18-21-25/h6-7,9-10,16-18,20-21H,2-5,8,11-15,19,22-24H2,1H3,(H,27,28)/b7-6-,10-9-. The van der Waals surface area contributed by atoms with Gasteiger partial charge in [-0.15, -0.1) is 0 Å². The smallest absolute Gasteiger partial charge is 0.220 e. The van der Waals surface area contributed by atoms with Crippen LogP contribution >= 0.6 is 0 Å². The highest BCUT2D eigenvalue weighted by molar-refractivity contribution is 5.75. The zero-order valence-electron chi connectivity index (χ0n) is 18.0. The molecule has 0 fully saturated rings. The molecule has 0 radical (unpaired) electrons. The van der Waals surface area contributed by atoms with Crippen LogP contribution in [0.4, 0.5) is 0 Å². The Morgan fingerprint density at radius 2 is 1.46 bits per heavy atom. The molecule has 0 bridgehead atoms. The molecule has 1 aromatic carbocycles. The topological polar surface area (TPSA) is 29.1 Å². The lowest BCUT2D eigenvalue weighted by Crippen LogP contribution is -2.25. The predicted octanol–water partition coefficient (Wildman–Crippen LogP) is 7.16. The van der Waals surface area contributed by atoms with Gasteiger partial charge in [0.1, 0.15) is 0 Å². The first-order chi connectivity index (χ1) is 13.8. The number of carbonyl (C=O) groups is 1. The summed E-state index contributed by atoms with van der Waals surface area (Å²) in [5.74, 6) is 0.196. The highest BCUT2D eigenvalue weighted by Crippen LogP contribution is 2.08. The maximum absolute atomic E-state index is 11.8. The lowest BCUT2D eigenvalue weighted by atomic mass is 10.1. The molecule has 0 saturated carbocycles. The molecule has 0 heterocycles. The molecule has 0 aromatic heterocycles. The summed E-state index contributed by atoms with van der Waals surface area (Å²) >= 11 is 0. The zero-order chi connectivity index (χ0) is 20.1. The monoisotopic (exact) mass is 383 g/mol. The minimum atomic E-state index is 0.196. The molecule has 0 spiro atoms. The van der Waals surface area contributed by atoms with Gasteiger partial charge < -0.3 is 5.32 Å². The molecular weight excluding hydrogens is 342 g/mol. The quantitative estimate of drug-likeness (QED) is 0.224. The van der Waals surface area contributed by atoms with Crippen molar-refractivity contribution < 1.29 is 4.79 Å². The van der Waals surface area contributed by atoms with E-state index >= 15 is 0 Å². The van der Waals surface area contributed by atoms with Crippen LogP contribution in [0.3, 0.4) is 0 Å². The molecule has 2 heteroatoms. The van der Waals surface area contributed by atoms with Gasteiger partial charge in [0.2, 0.25) is 5.91 Å². The molecule has 1 N–H and O–H groups in total. The third kappa shape index (κ3) is 15.2. The molecule has 156 valence electrons. The molecule has 1 rings (SSSR count). The van der Waals surface area contributed by atoms with Crippen molar-refractivity contribution in [1.29, 1.82) is 0 Å². The average Bonchev–Trinajstić information content (AvgIpc) is 2.71. The van der Waals surface area contributed by atoms with Crippen LogP contribution in [0, 0.1) is 0 Å². The predicted molar refractivity (Wildman–Crippen MR) is 123 cm³/mol. The first-order valence-corrected chi connectivity index (χ1v) is 11.4. The number of nitrogens with one attached hydrogen (secondary N) is 1. The Labute approximate surface area is 173 Å². The summed E-state index contributed by atoms with van der Waals surface area (Å²) in [6.45, 7) is 2.99. The third-order valence-corrected chi connectivity index (χ3v) is 4.93. The van der Waals surface area contributed by atoms with Crippen molar-refractivity contribution in [1.82, 2.24) is 5.32 Å². The Hall–Kier alpha value is -1.83. The number of carbonyl (C=O) groups excluding carboxylic acids is 1. The van der Waals surface area contributed by atoms with Crippen LogP contribution < -0.4 is 5.32 Å². The molecular formula is C26H41NO. The lowest BCUT2D eigenvalue weighted by molar-refractivity contribution is -0.121. The highest BCUT2D eigenvalue weighted by Gasteiger charge is 2.00. The number of unbranched alkanes of at least 4 members (excludes halogenated alkanes) is 8. The first kappa shape index (κ1) is 24.2. The SMILES string of the molecule is CCCCC/C=C\C/C=C\CCCCCCCC(=O)NCCc1ccccc1. The second-order valence-electron chi connectivity index (χ2n) is 7.57. The van der Waals surface area contributed by atoms with Crippen LogP contribution in [-0.4, -0.2) is 12.5 Å². The van der Waals surface area contributed by atoms with Gasteiger partial charge in [-0.25, -0.2) is 0 Å². The van der Waals surface area contributed by atoms with Crippen molar-refractivity contribution >= 4 is 5.91 Å². The largest absolute Gasteiger partial charge is 0.356 e. The van der Waals surface area contributed by atoms with Gasteiger partial charge in [-0.1, -0.05) is 93.7 Å². The number of rotatable bonds is 17. The maximum Gasteiger partial charge on any atom is 0.220 e. The van der Waals surface area contributed by atoms with E-state index in [0.29, 0.717) is 6.42 Å². The van der Waals surface area contributed by atoms with Gasteiger partial charge in [0.25, 0.3) is 0 Å². The van der Waals surface area contributed by atoms with E-state index in [4.69, 9.17) is 0 Å². The van der Waals surface area contributed by atoms with Crippen LogP contribution in [0.1, 0.15) is 89.5 Å². The van der Waals surface area contributed by atoms with Crippen LogP contribution in [-0.2, 0) is 11.2 Å². The van der Waals surface area contributed by atoms with Gasteiger partial charge in [0.05, 0.1) is 0 Å². The summed E-state index contributed by atoms with van der Waals surface area (Å²) in [5.41, 5.74) is 1.28. The Morgan fingerprint density at radius 3 is 2.18 bits per heavy atom. The van der Waals surface area contributed by atoms with Gasteiger partial charge in [0, 0.05) is 13.0 Å². The molecule has 1 aromatic rings. The summed E-state index contributed by atoms with van der Waals surface area (Å²) in [5, 5.41) is 3.03. The molecule has 28 heavy (non-hydrogen) atoms. The molecule has 0 aliphatic carbocycles. The Bertz CT molecular complexity index is 533. The van der Waals surface area contributed by atoms with Crippen LogP contribution in [0.2, 0.25) is 0 Å². The molecule has 0 unspecified atom stereocenters. The minimum absolute atomic E-state index is 0.196. The van der Waals surface area contributed by atoms with Gasteiger partial charge in [-0.3, -0.25) is 4.79 Å². The molecule has 1 amide bonds. The van der Waals surface area contributed by atoms with Crippen LogP contribution in [0.15, 0.2) is 54.6 Å². The zero-order valence-corrected chi connectivity index (χ0v) is 18.0. The third-order valence-electron chi connectivity index (χ3n) is 4.93. The van der Waals surface area contributed by atoms with Gasteiger partial charge >= 0.3 is 0 Å². The Balaban J connectivity index is 1.84. The fourth-order valence-corrected chi connectivity index (χ4v) is 3.18. The molecule has 0 saturated heterocycles. The van der Waals surface area contributed by atoms with Crippen molar-refractivity contribution in [2.24, 2.45) is 0 Å². The Morgan fingerprint density at radius 1 is 0.821 bits per heavy atom. The fraction of sp³-hybridized carbons (Fsp3) is 0.577. The maximum atomic E-state index is 11.8. The number of hydrogen-bond donors (Lipinski definition) is 1. The summed E-state index contributed by atoms with van der Waals surface area (Å²) in [6, 6.07) is 10.3. The van der Waals surface area contributed by atoms with Crippen molar-refractivity contribution in [3.8, 4) is 0 Å². The summed E-state index contributed by atoms with van der Waals surface area (Å²) < 4.78 is 0. The van der Waals surface area contributed by atoms with E-state index in [-0.39, 0.29) is 5.91 Å². The van der Waals surface area contributed by atoms with Crippen molar-refractivity contribution in [3.63, 3.8) is 0 Å². The van der Waals surface area contributed by atoms with E-state index in [1.807, 2.05) is 18.2 Å². The molecule has 2 nitrogen and oxygen atoms in total. The van der Waals surface area contributed by atoms with Gasteiger partial charge in [-0.2, -0.15) is 0 Å².